The van der Waals surface area contributed by atoms with Crippen LogP contribution in [0.15, 0.2) is 0 Å². The van der Waals surface area contributed by atoms with Gasteiger partial charge < -0.3 is 30.9 Å². The number of aliphatic hydroxyl groups is 4. The van der Waals surface area contributed by atoms with Crippen molar-refractivity contribution in [1.82, 2.24) is 0 Å². The van der Waals surface area contributed by atoms with Crippen LogP contribution in [0.25, 0.3) is 0 Å². The van der Waals surface area contributed by atoms with Gasteiger partial charge >= 0.3 is 5.97 Å². The summed E-state index contributed by atoms with van der Waals surface area (Å²) in [6, 6.07) is 0. The Morgan fingerprint density at radius 1 is 0.724 bits per heavy atom. The van der Waals surface area contributed by atoms with Crippen molar-refractivity contribution in [3.63, 3.8) is 0 Å². The van der Waals surface area contributed by atoms with E-state index in [1.165, 1.54) is 64.2 Å². The monoisotopic (exact) mass is 419 g/mol. The summed E-state index contributed by atoms with van der Waals surface area (Å²) in [5.74, 6) is -0.437. The standard InChI is InChI=1S/C22H45NO6/c1-2-3-4-5-6-7-8-9-10-11-12-13-14-15-20(26)29-17-19(25)22(28)21(27)18(24)16-23/h18-19,21-22,24-25,27-28H,2-17,23H2,1H3. The van der Waals surface area contributed by atoms with Gasteiger partial charge in [0.1, 0.15) is 24.9 Å². The Hall–Kier alpha value is -0.730. The molecule has 0 saturated heterocycles. The van der Waals surface area contributed by atoms with Crippen LogP contribution in [0.1, 0.15) is 96.8 Å². The molecular formula is C22H45NO6. The lowest BCUT2D eigenvalue weighted by molar-refractivity contribution is -0.154. The zero-order valence-electron chi connectivity index (χ0n) is 18.3. The number of nitrogens with two attached hydrogens (primary N) is 1. The minimum absolute atomic E-state index is 0.246. The van der Waals surface area contributed by atoms with Crippen LogP contribution in [-0.4, -0.2) is 64.0 Å². The summed E-state index contributed by atoms with van der Waals surface area (Å²) in [7, 11) is 0. The van der Waals surface area contributed by atoms with E-state index in [4.69, 9.17) is 10.5 Å². The fourth-order valence-electron chi connectivity index (χ4n) is 3.23. The molecule has 29 heavy (non-hydrogen) atoms. The number of hydrogen-bond acceptors (Lipinski definition) is 7. The first kappa shape index (κ1) is 28.3. The molecule has 0 saturated carbocycles. The second-order valence-corrected chi connectivity index (χ2v) is 8.03. The molecule has 0 aromatic heterocycles. The van der Waals surface area contributed by atoms with Gasteiger partial charge in [-0.3, -0.25) is 4.79 Å². The van der Waals surface area contributed by atoms with Gasteiger partial charge in [0.15, 0.2) is 0 Å². The quantitative estimate of drug-likeness (QED) is 0.151. The molecule has 0 aromatic rings. The van der Waals surface area contributed by atoms with Crippen LogP contribution in [0.3, 0.4) is 0 Å². The van der Waals surface area contributed by atoms with E-state index in [9.17, 15) is 25.2 Å². The highest BCUT2D eigenvalue weighted by atomic mass is 16.5. The van der Waals surface area contributed by atoms with Gasteiger partial charge in [-0.1, -0.05) is 84.0 Å². The summed E-state index contributed by atoms with van der Waals surface area (Å²) in [6.45, 7) is 1.57. The van der Waals surface area contributed by atoms with Crippen molar-refractivity contribution in [2.75, 3.05) is 13.2 Å². The molecule has 6 N–H and O–H groups in total. The van der Waals surface area contributed by atoms with Gasteiger partial charge in [0.05, 0.1) is 6.10 Å². The minimum Gasteiger partial charge on any atom is -0.463 e. The SMILES string of the molecule is CCCCCCCCCCCCCCCC(=O)OCC(O)C(O)C(O)C(O)CN. The Bertz CT molecular complexity index is 382. The van der Waals surface area contributed by atoms with E-state index in [2.05, 4.69) is 6.92 Å². The smallest absolute Gasteiger partial charge is 0.305 e. The topological polar surface area (TPSA) is 133 Å². The molecule has 0 aliphatic carbocycles. The number of aliphatic hydroxyl groups excluding tert-OH is 4. The molecule has 7 heteroatoms. The summed E-state index contributed by atoms with van der Waals surface area (Å²) in [4.78, 5) is 11.7. The normalized spacial score (nSPS) is 15.7. The molecule has 0 aliphatic rings. The van der Waals surface area contributed by atoms with Gasteiger partial charge in [-0.2, -0.15) is 0 Å². The van der Waals surface area contributed by atoms with E-state index < -0.39 is 37.0 Å². The highest BCUT2D eigenvalue weighted by Crippen LogP contribution is 2.13. The Labute approximate surface area is 176 Å². The van der Waals surface area contributed by atoms with Crippen molar-refractivity contribution in [2.24, 2.45) is 5.73 Å². The molecule has 0 fully saturated rings. The minimum atomic E-state index is -1.63. The fraction of sp³-hybridized carbons (Fsp3) is 0.955. The fourth-order valence-corrected chi connectivity index (χ4v) is 3.23. The summed E-state index contributed by atoms with van der Waals surface area (Å²) >= 11 is 0. The summed E-state index contributed by atoms with van der Waals surface area (Å²) in [6.07, 6.45) is 10.2. The van der Waals surface area contributed by atoms with E-state index in [1.54, 1.807) is 0 Å². The second-order valence-electron chi connectivity index (χ2n) is 8.03. The van der Waals surface area contributed by atoms with Crippen LogP contribution in [0.2, 0.25) is 0 Å². The van der Waals surface area contributed by atoms with Gasteiger partial charge in [-0.25, -0.2) is 0 Å². The number of esters is 1. The number of carbonyl (C=O) groups is 1. The lowest BCUT2D eigenvalue weighted by atomic mass is 10.0. The molecule has 0 heterocycles. The highest BCUT2D eigenvalue weighted by molar-refractivity contribution is 5.69. The van der Waals surface area contributed by atoms with E-state index >= 15 is 0 Å². The second kappa shape index (κ2) is 19.2. The van der Waals surface area contributed by atoms with Gasteiger partial charge in [0, 0.05) is 13.0 Å². The predicted octanol–water partition coefficient (Wildman–Crippen LogP) is 2.41. The average molecular weight is 420 g/mol. The third-order valence-electron chi connectivity index (χ3n) is 5.28. The van der Waals surface area contributed by atoms with Gasteiger partial charge in [0.2, 0.25) is 0 Å². The third kappa shape index (κ3) is 15.7. The van der Waals surface area contributed by atoms with Crippen LogP contribution >= 0.6 is 0 Å². The average Bonchev–Trinajstić information content (AvgIpc) is 2.73. The van der Waals surface area contributed by atoms with E-state index in [-0.39, 0.29) is 13.0 Å². The van der Waals surface area contributed by atoms with E-state index in [1.807, 2.05) is 0 Å². The van der Waals surface area contributed by atoms with E-state index in [0.29, 0.717) is 0 Å². The number of rotatable bonds is 20. The Morgan fingerprint density at radius 2 is 1.14 bits per heavy atom. The van der Waals surface area contributed by atoms with Crippen molar-refractivity contribution in [3.8, 4) is 0 Å². The predicted molar refractivity (Wildman–Crippen MR) is 114 cm³/mol. The molecule has 0 radical (unpaired) electrons. The Kier molecular flexibility index (Phi) is 18.8. The Morgan fingerprint density at radius 3 is 1.59 bits per heavy atom. The molecule has 174 valence electrons. The first-order valence-electron chi connectivity index (χ1n) is 11.5. The lowest BCUT2D eigenvalue weighted by Crippen LogP contribution is -2.48. The number of carbonyl (C=O) groups excluding carboxylic acids is 1. The van der Waals surface area contributed by atoms with Crippen molar-refractivity contribution >= 4 is 5.97 Å². The molecule has 0 spiro atoms. The summed E-state index contributed by atoms with van der Waals surface area (Å²) in [5.41, 5.74) is 5.18. The molecule has 0 amide bonds. The van der Waals surface area contributed by atoms with Crippen molar-refractivity contribution in [1.29, 1.82) is 0 Å². The van der Waals surface area contributed by atoms with Crippen LogP contribution in [-0.2, 0) is 9.53 Å². The zero-order chi connectivity index (χ0) is 21.9. The van der Waals surface area contributed by atoms with Crippen LogP contribution in [0.4, 0.5) is 0 Å². The maximum absolute atomic E-state index is 11.7. The van der Waals surface area contributed by atoms with Gasteiger partial charge in [-0.05, 0) is 6.42 Å². The number of hydrogen-bond donors (Lipinski definition) is 5. The number of unbranched alkanes of at least 4 members (excludes halogenated alkanes) is 12. The van der Waals surface area contributed by atoms with Crippen molar-refractivity contribution < 1.29 is 30.0 Å². The lowest BCUT2D eigenvalue weighted by Gasteiger charge is -2.25. The highest BCUT2D eigenvalue weighted by Gasteiger charge is 2.30. The maximum atomic E-state index is 11.7. The van der Waals surface area contributed by atoms with Gasteiger partial charge in [-0.15, -0.1) is 0 Å². The molecule has 0 aromatic carbocycles. The summed E-state index contributed by atoms with van der Waals surface area (Å²) in [5, 5.41) is 38.4. The zero-order valence-corrected chi connectivity index (χ0v) is 18.3. The largest absolute Gasteiger partial charge is 0.463 e. The Balaban J connectivity index is 3.52. The third-order valence-corrected chi connectivity index (χ3v) is 5.28. The van der Waals surface area contributed by atoms with Crippen LogP contribution in [0, 0.1) is 0 Å². The van der Waals surface area contributed by atoms with Crippen LogP contribution < -0.4 is 5.73 Å². The van der Waals surface area contributed by atoms with Crippen molar-refractivity contribution in [2.45, 2.75) is 121 Å². The molecule has 7 nitrogen and oxygen atoms in total. The maximum Gasteiger partial charge on any atom is 0.305 e. The molecule has 0 bridgehead atoms. The first-order chi connectivity index (χ1) is 13.9. The molecule has 0 aliphatic heterocycles. The van der Waals surface area contributed by atoms with Crippen molar-refractivity contribution in [3.05, 3.63) is 0 Å². The molecule has 0 rings (SSSR count). The van der Waals surface area contributed by atoms with E-state index in [0.717, 1.165) is 19.3 Å². The first-order valence-corrected chi connectivity index (χ1v) is 11.5. The van der Waals surface area contributed by atoms with Gasteiger partial charge in [0.25, 0.3) is 0 Å². The molecule has 4 unspecified atom stereocenters. The number of ether oxygens (including phenoxy) is 1. The van der Waals surface area contributed by atoms with Crippen LogP contribution in [0.5, 0.6) is 0 Å². The summed E-state index contributed by atoms with van der Waals surface area (Å²) < 4.78 is 4.92. The molecular weight excluding hydrogens is 374 g/mol. The molecule has 4 atom stereocenters.